The molecule has 2 aromatic heterocycles. The van der Waals surface area contributed by atoms with Gasteiger partial charge in [0.2, 0.25) is 0 Å². The number of nitrogens with zero attached hydrogens (tertiary/aromatic N) is 4. The molecule has 4 rings (SSSR count). The summed E-state index contributed by atoms with van der Waals surface area (Å²) >= 11 is 0. The zero-order valence-corrected chi connectivity index (χ0v) is 19.2. The highest BCUT2D eigenvalue weighted by Gasteiger charge is 2.24. The Balaban J connectivity index is 1.25. The summed E-state index contributed by atoms with van der Waals surface area (Å²) in [4.78, 5) is 35.0. The molecule has 1 aromatic carbocycles. The van der Waals surface area contributed by atoms with Crippen molar-refractivity contribution in [3.8, 4) is 0 Å². The molecule has 3 heterocycles. The number of pyridine rings is 1. The minimum Gasteiger partial charge on any atom is -0.481 e. The van der Waals surface area contributed by atoms with Gasteiger partial charge >= 0.3 is 5.97 Å². The minimum absolute atomic E-state index is 0.115. The molecule has 1 aliphatic heterocycles. The van der Waals surface area contributed by atoms with Crippen molar-refractivity contribution in [2.45, 2.75) is 44.1 Å². The number of likely N-dealkylation sites (tertiary alicyclic amines) is 1. The van der Waals surface area contributed by atoms with Crippen LogP contribution in [0.3, 0.4) is 0 Å². The number of rotatable bonds is 10. The van der Waals surface area contributed by atoms with Crippen molar-refractivity contribution in [2.24, 2.45) is 0 Å². The summed E-state index contributed by atoms with van der Waals surface area (Å²) in [6.07, 6.45) is 7.73. The number of hydrogen-bond acceptors (Lipinski definition) is 6. The standard InChI is InChI=1S/C26H31N5O3/c27-25-7-6-19(15-28-25)14-23(26(33)34)24-17-31(18-29-24)16-22(32)10-13-30-11-8-21(9-12-30)20-4-2-1-3-5-20/h1-7,15,17-18,21,23H,8-14,16H2,(H2,27,28)(H,33,34). The van der Waals surface area contributed by atoms with Crippen LogP contribution in [-0.4, -0.2) is 55.9 Å². The lowest BCUT2D eigenvalue weighted by Crippen LogP contribution is -2.34. The summed E-state index contributed by atoms with van der Waals surface area (Å²) in [5, 5.41) is 9.69. The molecule has 1 atom stereocenters. The van der Waals surface area contributed by atoms with Gasteiger partial charge in [-0.2, -0.15) is 0 Å². The molecule has 0 radical (unpaired) electrons. The summed E-state index contributed by atoms with van der Waals surface area (Å²) < 4.78 is 1.68. The van der Waals surface area contributed by atoms with E-state index >= 15 is 0 Å². The molecule has 8 heteroatoms. The minimum atomic E-state index is -0.965. The van der Waals surface area contributed by atoms with Gasteiger partial charge in [0.1, 0.15) is 11.7 Å². The molecule has 1 aliphatic rings. The first-order chi connectivity index (χ1) is 16.5. The average molecular weight is 462 g/mol. The Hall–Kier alpha value is -3.52. The largest absolute Gasteiger partial charge is 0.481 e. The lowest BCUT2D eigenvalue weighted by molar-refractivity contribution is -0.138. The molecule has 1 saturated heterocycles. The van der Waals surface area contributed by atoms with Gasteiger partial charge < -0.3 is 20.3 Å². The molecule has 3 N–H and O–H groups in total. The number of anilines is 1. The lowest BCUT2D eigenvalue weighted by atomic mass is 9.89. The van der Waals surface area contributed by atoms with E-state index in [1.165, 1.54) is 11.9 Å². The van der Waals surface area contributed by atoms with Gasteiger partial charge in [0.15, 0.2) is 5.78 Å². The number of hydrogen-bond donors (Lipinski definition) is 2. The third-order valence-corrected chi connectivity index (χ3v) is 6.52. The van der Waals surface area contributed by atoms with Crippen molar-refractivity contribution in [1.82, 2.24) is 19.4 Å². The highest BCUT2D eigenvalue weighted by molar-refractivity contribution is 5.78. The molecule has 1 unspecified atom stereocenters. The topological polar surface area (TPSA) is 114 Å². The molecule has 0 bridgehead atoms. The molecule has 1 fully saturated rings. The van der Waals surface area contributed by atoms with E-state index in [0.717, 1.165) is 38.0 Å². The summed E-state index contributed by atoms with van der Waals surface area (Å²) in [6, 6.07) is 14.0. The van der Waals surface area contributed by atoms with Crippen molar-refractivity contribution < 1.29 is 14.7 Å². The van der Waals surface area contributed by atoms with Crippen LogP contribution in [0.2, 0.25) is 0 Å². The number of carboxylic acids is 1. The van der Waals surface area contributed by atoms with E-state index in [4.69, 9.17) is 5.73 Å². The summed E-state index contributed by atoms with van der Waals surface area (Å²) in [6.45, 7) is 2.96. The number of nitrogens with two attached hydrogens (primary N) is 1. The number of Topliss-reactive ketones (excluding diaryl/α,β-unsaturated/α-hetero) is 1. The fourth-order valence-electron chi connectivity index (χ4n) is 4.54. The summed E-state index contributed by atoms with van der Waals surface area (Å²) in [5.41, 5.74) is 8.20. The zero-order chi connectivity index (χ0) is 23.9. The number of aliphatic carboxylic acids is 1. The Morgan fingerprint density at radius 2 is 1.85 bits per heavy atom. The van der Waals surface area contributed by atoms with Gasteiger partial charge in [0, 0.05) is 25.4 Å². The highest BCUT2D eigenvalue weighted by atomic mass is 16.4. The van der Waals surface area contributed by atoms with E-state index in [0.29, 0.717) is 23.9 Å². The second kappa shape index (κ2) is 11.1. The number of benzene rings is 1. The molecule has 8 nitrogen and oxygen atoms in total. The van der Waals surface area contributed by atoms with Crippen LogP contribution in [0.25, 0.3) is 0 Å². The molecule has 34 heavy (non-hydrogen) atoms. The molecule has 0 spiro atoms. The average Bonchev–Trinajstić information content (AvgIpc) is 3.31. The van der Waals surface area contributed by atoms with Crippen LogP contribution in [0.4, 0.5) is 5.82 Å². The zero-order valence-electron chi connectivity index (χ0n) is 19.2. The van der Waals surface area contributed by atoms with Crippen LogP contribution < -0.4 is 5.73 Å². The molecule has 3 aromatic rings. The predicted molar refractivity (Wildman–Crippen MR) is 129 cm³/mol. The van der Waals surface area contributed by atoms with E-state index in [-0.39, 0.29) is 18.7 Å². The SMILES string of the molecule is Nc1ccc(CC(C(=O)O)c2cn(CC(=O)CCN3CCC(c4ccccc4)CC3)cn2)cn1. The van der Waals surface area contributed by atoms with Crippen molar-refractivity contribution in [2.75, 3.05) is 25.4 Å². The first-order valence-corrected chi connectivity index (χ1v) is 11.7. The highest BCUT2D eigenvalue weighted by Crippen LogP contribution is 2.27. The third kappa shape index (κ3) is 6.29. The lowest BCUT2D eigenvalue weighted by Gasteiger charge is -2.32. The van der Waals surface area contributed by atoms with Gasteiger partial charge in [-0.3, -0.25) is 9.59 Å². The van der Waals surface area contributed by atoms with Crippen molar-refractivity contribution in [3.63, 3.8) is 0 Å². The number of nitrogen functional groups attached to an aromatic ring is 1. The Morgan fingerprint density at radius 3 is 2.53 bits per heavy atom. The second-order valence-corrected chi connectivity index (χ2v) is 8.97. The molecule has 0 aliphatic carbocycles. The monoisotopic (exact) mass is 461 g/mol. The van der Waals surface area contributed by atoms with Crippen molar-refractivity contribution in [1.29, 1.82) is 0 Å². The Morgan fingerprint density at radius 1 is 1.09 bits per heavy atom. The first kappa shape index (κ1) is 23.6. The van der Waals surface area contributed by atoms with Crippen LogP contribution in [-0.2, 0) is 22.6 Å². The van der Waals surface area contributed by atoms with E-state index in [1.54, 1.807) is 29.1 Å². The Labute approximate surface area is 199 Å². The van der Waals surface area contributed by atoms with Gasteiger partial charge in [-0.25, -0.2) is 9.97 Å². The van der Waals surface area contributed by atoms with Gasteiger partial charge in [0.05, 0.1) is 18.6 Å². The van der Waals surface area contributed by atoms with Gasteiger partial charge in [-0.05, 0) is 55.5 Å². The molecular weight excluding hydrogens is 430 g/mol. The number of carboxylic acid groups (broad SMARTS) is 1. The van der Waals surface area contributed by atoms with Crippen molar-refractivity contribution in [3.05, 3.63) is 78.0 Å². The number of piperidine rings is 1. The first-order valence-electron chi connectivity index (χ1n) is 11.7. The van der Waals surface area contributed by atoms with Crippen LogP contribution in [0, 0.1) is 0 Å². The Bertz CT molecular complexity index is 1090. The second-order valence-electron chi connectivity index (χ2n) is 8.97. The number of carbonyl (C=O) groups excluding carboxylic acids is 1. The summed E-state index contributed by atoms with van der Waals surface area (Å²) in [5.74, 6) is -0.675. The van der Waals surface area contributed by atoms with E-state index in [2.05, 4.69) is 39.1 Å². The van der Waals surface area contributed by atoms with E-state index in [9.17, 15) is 14.7 Å². The van der Waals surface area contributed by atoms with Crippen LogP contribution in [0.5, 0.6) is 0 Å². The van der Waals surface area contributed by atoms with Crippen LogP contribution in [0.15, 0.2) is 61.2 Å². The summed E-state index contributed by atoms with van der Waals surface area (Å²) in [7, 11) is 0. The van der Waals surface area contributed by atoms with Gasteiger partial charge in [-0.1, -0.05) is 36.4 Å². The maximum Gasteiger partial charge on any atom is 0.312 e. The normalized spacial score (nSPS) is 15.8. The third-order valence-electron chi connectivity index (χ3n) is 6.52. The Kier molecular flexibility index (Phi) is 7.69. The fraction of sp³-hybridized carbons (Fsp3) is 0.385. The quantitative estimate of drug-likeness (QED) is 0.477. The number of imidazole rings is 1. The van der Waals surface area contributed by atoms with E-state index in [1.807, 2.05) is 6.07 Å². The predicted octanol–water partition coefficient (Wildman–Crippen LogP) is 3.11. The molecule has 178 valence electrons. The van der Waals surface area contributed by atoms with Crippen LogP contribution in [0.1, 0.15) is 47.9 Å². The van der Waals surface area contributed by atoms with E-state index < -0.39 is 11.9 Å². The maximum absolute atomic E-state index is 12.6. The molecule has 0 saturated carbocycles. The molecular formula is C26H31N5O3. The smallest absolute Gasteiger partial charge is 0.312 e. The van der Waals surface area contributed by atoms with Gasteiger partial charge in [-0.15, -0.1) is 0 Å². The fourth-order valence-corrected chi connectivity index (χ4v) is 4.54. The number of ketones is 1. The van der Waals surface area contributed by atoms with Crippen molar-refractivity contribution >= 4 is 17.6 Å². The number of aromatic nitrogens is 3. The van der Waals surface area contributed by atoms with Crippen LogP contribution >= 0.6 is 0 Å². The molecule has 0 amide bonds. The maximum atomic E-state index is 12.6. The van der Waals surface area contributed by atoms with Gasteiger partial charge in [0.25, 0.3) is 0 Å². The number of carbonyl (C=O) groups is 2.